The molecule has 116 valence electrons. The van der Waals surface area contributed by atoms with Gasteiger partial charge in [-0.1, -0.05) is 30.3 Å². The van der Waals surface area contributed by atoms with Gasteiger partial charge in [-0.3, -0.25) is 0 Å². The predicted molar refractivity (Wildman–Crippen MR) is 93.0 cm³/mol. The van der Waals surface area contributed by atoms with Crippen molar-refractivity contribution in [2.75, 3.05) is 20.2 Å². The summed E-state index contributed by atoms with van der Waals surface area (Å²) >= 11 is 2.15. The Morgan fingerprint density at radius 3 is 2.27 bits per heavy atom. The van der Waals surface area contributed by atoms with E-state index < -0.39 is 15.6 Å². The summed E-state index contributed by atoms with van der Waals surface area (Å²) in [5.41, 5.74) is 0.506. The number of hydrogen-bond acceptors (Lipinski definition) is 3. The van der Waals surface area contributed by atoms with Gasteiger partial charge in [-0.05, 0) is 52.4 Å². The van der Waals surface area contributed by atoms with Crippen molar-refractivity contribution in [1.82, 2.24) is 4.31 Å². The van der Waals surface area contributed by atoms with Crippen LogP contribution in [0.4, 0.5) is 0 Å². The van der Waals surface area contributed by atoms with E-state index in [-0.39, 0.29) is 0 Å². The SMILES string of the molecule is CN(CC1(c2ccccc2)CO1)S(=O)(=O)c1ccc(I)cc1. The third-order valence-electron chi connectivity index (χ3n) is 3.79. The highest BCUT2D eigenvalue weighted by molar-refractivity contribution is 14.1. The minimum Gasteiger partial charge on any atom is -0.363 e. The van der Waals surface area contributed by atoms with Gasteiger partial charge in [0.25, 0.3) is 0 Å². The van der Waals surface area contributed by atoms with Crippen molar-refractivity contribution in [1.29, 1.82) is 0 Å². The van der Waals surface area contributed by atoms with E-state index in [0.717, 1.165) is 9.13 Å². The molecule has 6 heteroatoms. The number of halogens is 1. The van der Waals surface area contributed by atoms with E-state index in [1.54, 1.807) is 31.3 Å². The second-order valence-corrected chi connectivity index (χ2v) is 8.65. The topological polar surface area (TPSA) is 49.9 Å². The van der Waals surface area contributed by atoms with Crippen molar-refractivity contribution in [3.63, 3.8) is 0 Å². The molecule has 1 saturated heterocycles. The summed E-state index contributed by atoms with van der Waals surface area (Å²) in [4.78, 5) is 0.305. The summed E-state index contributed by atoms with van der Waals surface area (Å²) in [5, 5.41) is 0. The lowest BCUT2D eigenvalue weighted by Gasteiger charge is -2.21. The van der Waals surface area contributed by atoms with Gasteiger partial charge in [-0.2, -0.15) is 4.31 Å². The van der Waals surface area contributed by atoms with Crippen LogP contribution in [0.3, 0.4) is 0 Å². The van der Waals surface area contributed by atoms with Gasteiger partial charge in [-0.25, -0.2) is 8.42 Å². The van der Waals surface area contributed by atoms with Crippen LogP contribution < -0.4 is 0 Å². The molecule has 0 aliphatic carbocycles. The van der Waals surface area contributed by atoms with Crippen molar-refractivity contribution in [2.45, 2.75) is 10.5 Å². The molecule has 0 amide bonds. The highest BCUT2D eigenvalue weighted by Crippen LogP contribution is 2.40. The molecule has 1 heterocycles. The molecule has 1 aliphatic rings. The average molecular weight is 429 g/mol. The number of rotatable bonds is 5. The molecule has 2 aromatic rings. The minimum absolute atomic E-state index is 0.305. The zero-order chi connectivity index (χ0) is 15.8. The van der Waals surface area contributed by atoms with Gasteiger partial charge in [0.15, 0.2) is 0 Å². The first-order chi connectivity index (χ1) is 10.4. The van der Waals surface area contributed by atoms with Crippen molar-refractivity contribution in [3.05, 3.63) is 63.7 Å². The Labute approximate surface area is 144 Å². The van der Waals surface area contributed by atoms with Crippen LogP contribution in [0.1, 0.15) is 5.56 Å². The van der Waals surface area contributed by atoms with E-state index in [2.05, 4.69) is 22.6 Å². The number of nitrogens with zero attached hydrogens (tertiary/aromatic N) is 1. The van der Waals surface area contributed by atoms with E-state index in [1.165, 1.54) is 4.31 Å². The number of epoxide rings is 1. The summed E-state index contributed by atoms with van der Waals surface area (Å²) in [5.74, 6) is 0. The summed E-state index contributed by atoms with van der Waals surface area (Å²) < 4.78 is 33.3. The van der Waals surface area contributed by atoms with Crippen LogP contribution in [0, 0.1) is 3.57 Å². The molecule has 4 nitrogen and oxygen atoms in total. The van der Waals surface area contributed by atoms with Crippen LogP contribution in [0.5, 0.6) is 0 Å². The average Bonchev–Trinajstić information content (AvgIpc) is 3.29. The van der Waals surface area contributed by atoms with Gasteiger partial charge in [0, 0.05) is 17.2 Å². The Kier molecular flexibility index (Phi) is 4.28. The van der Waals surface area contributed by atoms with Crippen LogP contribution in [-0.2, 0) is 20.4 Å². The molecule has 0 aromatic heterocycles. The fourth-order valence-electron chi connectivity index (χ4n) is 2.41. The molecule has 3 rings (SSSR count). The summed E-state index contributed by atoms with van der Waals surface area (Å²) in [6, 6.07) is 16.6. The Morgan fingerprint density at radius 2 is 1.73 bits per heavy atom. The van der Waals surface area contributed by atoms with Crippen LogP contribution >= 0.6 is 22.6 Å². The first-order valence-corrected chi connectivity index (χ1v) is 9.37. The Bertz CT molecular complexity index is 756. The summed E-state index contributed by atoms with van der Waals surface area (Å²) in [7, 11) is -1.91. The second kappa shape index (κ2) is 5.92. The van der Waals surface area contributed by atoms with Crippen LogP contribution in [0.15, 0.2) is 59.5 Å². The predicted octanol–water partition coefficient (Wildman–Crippen LogP) is 2.84. The van der Waals surface area contributed by atoms with E-state index in [1.807, 2.05) is 30.3 Å². The number of likely N-dealkylation sites (N-methyl/N-ethyl adjacent to an activating group) is 1. The van der Waals surface area contributed by atoms with Gasteiger partial charge >= 0.3 is 0 Å². The fraction of sp³-hybridized carbons (Fsp3) is 0.250. The van der Waals surface area contributed by atoms with Gasteiger partial charge in [0.1, 0.15) is 5.60 Å². The quantitative estimate of drug-likeness (QED) is 0.543. The van der Waals surface area contributed by atoms with E-state index in [9.17, 15) is 8.42 Å². The molecule has 0 saturated carbocycles. The molecular formula is C16H16INO3S. The third-order valence-corrected chi connectivity index (χ3v) is 6.33. The van der Waals surface area contributed by atoms with Crippen molar-refractivity contribution in [2.24, 2.45) is 0 Å². The Balaban J connectivity index is 1.82. The lowest BCUT2D eigenvalue weighted by Crippen LogP contribution is -2.35. The van der Waals surface area contributed by atoms with Gasteiger partial charge < -0.3 is 4.74 Å². The molecule has 1 fully saturated rings. The van der Waals surface area contributed by atoms with Gasteiger partial charge in [-0.15, -0.1) is 0 Å². The van der Waals surface area contributed by atoms with E-state index >= 15 is 0 Å². The maximum absolute atomic E-state index is 12.6. The lowest BCUT2D eigenvalue weighted by atomic mass is 10.0. The maximum Gasteiger partial charge on any atom is 0.242 e. The largest absolute Gasteiger partial charge is 0.363 e. The normalized spacial score (nSPS) is 21.0. The Hall–Kier alpha value is -0.960. The van der Waals surface area contributed by atoms with E-state index in [0.29, 0.717) is 18.0 Å². The monoisotopic (exact) mass is 429 g/mol. The number of hydrogen-bond donors (Lipinski definition) is 0. The molecule has 2 aromatic carbocycles. The highest BCUT2D eigenvalue weighted by Gasteiger charge is 2.48. The van der Waals surface area contributed by atoms with Gasteiger partial charge in [0.05, 0.1) is 11.5 Å². The van der Waals surface area contributed by atoms with Crippen molar-refractivity contribution in [3.8, 4) is 0 Å². The number of ether oxygens (including phenoxy) is 1. The lowest BCUT2D eigenvalue weighted by molar-refractivity contribution is 0.266. The molecule has 1 atom stereocenters. The molecule has 22 heavy (non-hydrogen) atoms. The third kappa shape index (κ3) is 3.05. The van der Waals surface area contributed by atoms with Gasteiger partial charge in [0.2, 0.25) is 10.0 Å². The zero-order valence-electron chi connectivity index (χ0n) is 12.1. The number of sulfonamides is 1. The van der Waals surface area contributed by atoms with Crippen LogP contribution in [-0.4, -0.2) is 32.9 Å². The second-order valence-electron chi connectivity index (χ2n) is 5.36. The highest BCUT2D eigenvalue weighted by atomic mass is 127. The molecular weight excluding hydrogens is 413 g/mol. The van der Waals surface area contributed by atoms with Crippen LogP contribution in [0.25, 0.3) is 0 Å². The zero-order valence-corrected chi connectivity index (χ0v) is 15.0. The molecule has 1 aliphatic heterocycles. The molecule has 0 bridgehead atoms. The summed E-state index contributed by atoms with van der Waals surface area (Å²) in [6.45, 7) is 0.856. The first kappa shape index (κ1) is 15.9. The van der Waals surface area contributed by atoms with Crippen molar-refractivity contribution < 1.29 is 13.2 Å². The minimum atomic E-state index is -3.51. The van der Waals surface area contributed by atoms with Crippen molar-refractivity contribution >= 4 is 32.6 Å². The molecule has 0 spiro atoms. The summed E-state index contributed by atoms with van der Waals surface area (Å²) in [6.07, 6.45) is 0. The first-order valence-electron chi connectivity index (χ1n) is 6.85. The number of benzene rings is 2. The molecule has 0 radical (unpaired) electrons. The Morgan fingerprint density at radius 1 is 1.14 bits per heavy atom. The van der Waals surface area contributed by atoms with Crippen LogP contribution in [0.2, 0.25) is 0 Å². The smallest absolute Gasteiger partial charge is 0.242 e. The molecule has 0 N–H and O–H groups in total. The molecule has 1 unspecified atom stereocenters. The maximum atomic E-state index is 12.6. The standard InChI is InChI=1S/C16H16INO3S/c1-18(22(19,20)15-9-7-14(17)8-10-15)11-16(12-21-16)13-5-3-2-4-6-13/h2-10H,11-12H2,1H3. The fourth-order valence-corrected chi connectivity index (χ4v) is 3.99. The van der Waals surface area contributed by atoms with E-state index in [4.69, 9.17) is 4.74 Å².